The maximum Gasteiger partial charge on any atom is 0.328 e. The van der Waals surface area contributed by atoms with Crippen LogP contribution in [0.15, 0.2) is 66.7 Å². The van der Waals surface area contributed by atoms with E-state index in [1.54, 1.807) is 18.2 Å². The number of esters is 1. The van der Waals surface area contributed by atoms with E-state index < -0.39 is 54.1 Å². The van der Waals surface area contributed by atoms with Gasteiger partial charge in [0, 0.05) is 17.8 Å². The van der Waals surface area contributed by atoms with Crippen LogP contribution in [0.1, 0.15) is 48.6 Å². The fourth-order valence-corrected chi connectivity index (χ4v) is 5.07. The molecule has 0 aliphatic rings. The van der Waals surface area contributed by atoms with Crippen LogP contribution in [0.25, 0.3) is 10.9 Å². The Bertz CT molecular complexity index is 1750. The lowest BCUT2D eigenvalue weighted by Gasteiger charge is -2.23. The summed E-state index contributed by atoms with van der Waals surface area (Å²) in [5, 5.41) is 20.8. The minimum Gasteiger partial charge on any atom is -0.467 e. The lowest BCUT2D eigenvalue weighted by molar-refractivity contribution is -0.146. The van der Waals surface area contributed by atoms with Crippen LogP contribution in [-0.4, -0.2) is 80.0 Å². The number of carbonyl (C=O) groups excluding carboxylic acids is 5. The Morgan fingerprint density at radius 2 is 1.65 bits per heavy atom. The summed E-state index contributed by atoms with van der Waals surface area (Å²) in [5.74, 6) is -3.07. The molecule has 0 aliphatic carbocycles. The number of pyridine rings is 1. The summed E-state index contributed by atoms with van der Waals surface area (Å²) < 4.78 is 6.13. The third-order valence-electron chi connectivity index (χ3n) is 7.84. The van der Waals surface area contributed by atoms with Gasteiger partial charge in [-0.05, 0) is 40.5 Å². The SMILES string of the molecule is CC[C@H](C)[C@H](NC(=O)Cn1nnnc1C[C@H](Cc1ccccc1)NC(=O)[C@H](CC(N)=O)NC(=O)c1ccc2ccccc2n1)C(=O)OC. The highest BCUT2D eigenvalue weighted by Gasteiger charge is 2.29. The van der Waals surface area contributed by atoms with Gasteiger partial charge in [0.25, 0.3) is 5.91 Å². The van der Waals surface area contributed by atoms with Gasteiger partial charge in [-0.1, -0.05) is 74.9 Å². The number of rotatable bonds is 16. The molecule has 0 bridgehead atoms. The highest BCUT2D eigenvalue weighted by Crippen LogP contribution is 2.13. The second-order valence-corrected chi connectivity index (χ2v) is 11.4. The summed E-state index contributed by atoms with van der Waals surface area (Å²) in [6, 6.07) is 17.1. The number of methoxy groups -OCH3 is 1. The number of nitrogens with one attached hydrogen (secondary N) is 3. The number of hydrogen-bond donors (Lipinski definition) is 4. The molecule has 4 aromatic rings. The van der Waals surface area contributed by atoms with E-state index in [-0.39, 0.29) is 30.4 Å². The lowest BCUT2D eigenvalue weighted by Crippen LogP contribution is -2.52. The highest BCUT2D eigenvalue weighted by molar-refractivity contribution is 5.99. The van der Waals surface area contributed by atoms with Crippen molar-refractivity contribution in [2.24, 2.45) is 11.7 Å². The van der Waals surface area contributed by atoms with Gasteiger partial charge in [0.05, 0.1) is 19.0 Å². The van der Waals surface area contributed by atoms with E-state index in [0.717, 1.165) is 10.9 Å². The van der Waals surface area contributed by atoms with Gasteiger partial charge in [0.15, 0.2) is 5.82 Å². The number of aromatic nitrogens is 5. The molecule has 4 rings (SSSR count). The third-order valence-corrected chi connectivity index (χ3v) is 7.84. The van der Waals surface area contributed by atoms with Crippen molar-refractivity contribution in [3.05, 3.63) is 83.8 Å². The van der Waals surface area contributed by atoms with Crippen molar-refractivity contribution in [1.29, 1.82) is 0 Å². The second-order valence-electron chi connectivity index (χ2n) is 11.4. The Morgan fingerprint density at radius 3 is 2.35 bits per heavy atom. The first-order valence-electron chi connectivity index (χ1n) is 15.5. The van der Waals surface area contributed by atoms with Crippen LogP contribution in [0.2, 0.25) is 0 Å². The number of primary amides is 1. The van der Waals surface area contributed by atoms with E-state index in [9.17, 15) is 24.0 Å². The smallest absolute Gasteiger partial charge is 0.328 e. The monoisotopic (exact) mass is 657 g/mol. The topological polar surface area (TPSA) is 213 Å². The second kappa shape index (κ2) is 16.7. The van der Waals surface area contributed by atoms with Crippen molar-refractivity contribution < 1.29 is 28.7 Å². The summed E-state index contributed by atoms with van der Waals surface area (Å²) in [7, 11) is 1.25. The fourth-order valence-electron chi connectivity index (χ4n) is 5.07. The number of ether oxygens (including phenoxy) is 1. The third kappa shape index (κ3) is 9.64. The number of carbonyl (C=O) groups is 5. The molecule has 0 aliphatic heterocycles. The normalized spacial score (nSPS) is 13.5. The van der Waals surface area contributed by atoms with Gasteiger partial charge in [-0.3, -0.25) is 19.2 Å². The molecule has 4 atom stereocenters. The van der Waals surface area contributed by atoms with E-state index in [2.05, 4.69) is 36.5 Å². The largest absolute Gasteiger partial charge is 0.467 e. The molecule has 4 amide bonds. The Balaban J connectivity index is 1.51. The van der Waals surface area contributed by atoms with Crippen LogP contribution in [0, 0.1) is 5.92 Å². The van der Waals surface area contributed by atoms with Gasteiger partial charge in [0.1, 0.15) is 24.3 Å². The van der Waals surface area contributed by atoms with Crippen molar-refractivity contribution >= 4 is 40.5 Å². The summed E-state index contributed by atoms with van der Waals surface area (Å²) in [5.41, 5.74) is 7.00. The maximum absolute atomic E-state index is 13.6. The van der Waals surface area contributed by atoms with Gasteiger partial charge in [-0.25, -0.2) is 14.5 Å². The van der Waals surface area contributed by atoms with E-state index >= 15 is 0 Å². The summed E-state index contributed by atoms with van der Waals surface area (Å²) in [6.07, 6.45) is 0.579. The molecule has 2 heterocycles. The van der Waals surface area contributed by atoms with E-state index in [1.165, 1.54) is 17.9 Å². The number of tetrazole rings is 1. The molecule has 2 aromatic carbocycles. The van der Waals surface area contributed by atoms with E-state index in [1.807, 2.05) is 56.3 Å². The van der Waals surface area contributed by atoms with Gasteiger partial charge < -0.3 is 26.4 Å². The molecule has 5 N–H and O–H groups in total. The molecule has 0 radical (unpaired) electrons. The van der Waals surface area contributed by atoms with Gasteiger partial charge in [0.2, 0.25) is 17.7 Å². The van der Waals surface area contributed by atoms with Crippen LogP contribution in [-0.2, 0) is 43.3 Å². The minimum absolute atomic E-state index is 0.0667. The van der Waals surface area contributed by atoms with Gasteiger partial charge in [-0.15, -0.1) is 5.10 Å². The molecule has 15 nitrogen and oxygen atoms in total. The van der Waals surface area contributed by atoms with E-state index in [0.29, 0.717) is 18.4 Å². The van der Waals surface area contributed by atoms with Crippen LogP contribution in [0.4, 0.5) is 0 Å². The molecule has 0 fully saturated rings. The van der Waals surface area contributed by atoms with Gasteiger partial charge >= 0.3 is 5.97 Å². The van der Waals surface area contributed by atoms with Crippen molar-refractivity contribution in [1.82, 2.24) is 41.1 Å². The molecule has 48 heavy (non-hydrogen) atoms. The molecule has 0 unspecified atom stereocenters. The Morgan fingerprint density at radius 1 is 0.917 bits per heavy atom. The van der Waals surface area contributed by atoms with Crippen LogP contribution in [0.3, 0.4) is 0 Å². The van der Waals surface area contributed by atoms with Crippen molar-refractivity contribution in [3.8, 4) is 0 Å². The Kier molecular flexibility index (Phi) is 12.2. The molecule has 15 heteroatoms. The first-order valence-corrected chi connectivity index (χ1v) is 15.5. The van der Waals surface area contributed by atoms with Gasteiger partial charge in [-0.2, -0.15) is 0 Å². The number of fused-ring (bicyclic) bond motifs is 1. The highest BCUT2D eigenvalue weighted by atomic mass is 16.5. The summed E-state index contributed by atoms with van der Waals surface area (Å²) in [6.45, 7) is 3.43. The lowest BCUT2D eigenvalue weighted by atomic mass is 9.99. The molecule has 0 saturated heterocycles. The molecule has 2 aromatic heterocycles. The number of para-hydroxylation sites is 1. The number of benzene rings is 2. The zero-order valence-electron chi connectivity index (χ0n) is 27.0. The van der Waals surface area contributed by atoms with Crippen molar-refractivity contribution in [3.63, 3.8) is 0 Å². The van der Waals surface area contributed by atoms with Crippen LogP contribution >= 0.6 is 0 Å². The minimum atomic E-state index is -1.31. The molecule has 0 saturated carbocycles. The zero-order chi connectivity index (χ0) is 34.6. The molecule has 0 spiro atoms. The summed E-state index contributed by atoms with van der Waals surface area (Å²) >= 11 is 0. The van der Waals surface area contributed by atoms with E-state index in [4.69, 9.17) is 10.5 Å². The molecular weight excluding hydrogens is 618 g/mol. The quantitative estimate of drug-likeness (QED) is 0.125. The van der Waals surface area contributed by atoms with Crippen molar-refractivity contribution in [2.45, 2.75) is 64.2 Å². The zero-order valence-corrected chi connectivity index (χ0v) is 27.0. The van der Waals surface area contributed by atoms with Crippen molar-refractivity contribution in [2.75, 3.05) is 7.11 Å². The first kappa shape index (κ1) is 35.1. The number of amides is 4. The average Bonchev–Trinajstić information content (AvgIpc) is 3.51. The maximum atomic E-state index is 13.6. The number of nitrogens with two attached hydrogens (primary N) is 1. The first-order chi connectivity index (χ1) is 23.1. The number of hydrogen-bond acceptors (Lipinski definition) is 10. The Hall–Kier alpha value is -5.73. The fraction of sp³-hybridized carbons (Fsp3) is 0.364. The Labute approximate surface area is 277 Å². The predicted molar refractivity (Wildman–Crippen MR) is 174 cm³/mol. The number of nitrogens with zero attached hydrogens (tertiary/aromatic N) is 5. The predicted octanol–water partition coefficient (Wildman–Crippen LogP) is 0.869. The standard InChI is InChI=1S/C33H39N9O6/c1-4-20(2)30(33(47)48-3)38-29(44)19-42-28(39-40-41-42)17-23(16-21-10-6-5-7-11-21)35-32(46)26(18-27(34)43)37-31(45)25-15-14-22-12-8-9-13-24(22)36-25/h5-15,20,23,26,30H,4,16-19H2,1-3H3,(H2,34,43)(H,35,46)(H,37,45)(H,38,44)/t20-,23-,26-,30-/m0/s1. The average molecular weight is 658 g/mol. The van der Waals surface area contributed by atoms with Crippen LogP contribution in [0.5, 0.6) is 0 Å². The molecule has 252 valence electrons. The molecular formula is C33H39N9O6. The van der Waals surface area contributed by atoms with Crippen LogP contribution < -0.4 is 21.7 Å². The summed E-state index contributed by atoms with van der Waals surface area (Å²) in [4.78, 5) is 68.4.